The molecule has 1 unspecified atom stereocenters. The van der Waals surface area contributed by atoms with E-state index in [1.807, 2.05) is 0 Å². The minimum absolute atomic E-state index is 0.00374. The zero-order valence-electron chi connectivity index (χ0n) is 17.8. The van der Waals surface area contributed by atoms with E-state index in [4.69, 9.17) is 14.2 Å². The van der Waals surface area contributed by atoms with Crippen LogP contribution in [0.1, 0.15) is 17.2 Å². The van der Waals surface area contributed by atoms with Gasteiger partial charge in [-0.2, -0.15) is 0 Å². The average molecular weight is 502 g/mol. The first kappa shape index (κ1) is 23.6. The van der Waals surface area contributed by atoms with Crippen molar-refractivity contribution in [1.29, 1.82) is 0 Å². The van der Waals surface area contributed by atoms with Gasteiger partial charge in [0, 0.05) is 19.2 Å². The topological polar surface area (TPSA) is 85.3 Å². The normalized spacial score (nSPS) is 17.5. The summed E-state index contributed by atoms with van der Waals surface area (Å²) >= 11 is 3.39. The first-order valence-corrected chi connectivity index (χ1v) is 10.7. The fourth-order valence-electron chi connectivity index (χ4n) is 3.55. The van der Waals surface area contributed by atoms with Crippen LogP contribution in [0.15, 0.2) is 65.2 Å². The number of amides is 1. The highest BCUT2D eigenvalue weighted by Gasteiger charge is 2.46. The summed E-state index contributed by atoms with van der Waals surface area (Å²) in [7, 11) is 3.05. The monoisotopic (exact) mass is 501 g/mol. The first-order valence-electron chi connectivity index (χ1n) is 9.87. The van der Waals surface area contributed by atoms with Crippen LogP contribution in [0.3, 0.4) is 0 Å². The third-order valence-electron chi connectivity index (χ3n) is 5.04. The Hall–Kier alpha value is -3.10. The minimum Gasteiger partial charge on any atom is -0.507 e. The summed E-state index contributed by atoms with van der Waals surface area (Å²) in [5.74, 6) is -0.585. The molecule has 32 heavy (non-hydrogen) atoms. The highest BCUT2D eigenvalue weighted by molar-refractivity contribution is 9.10. The van der Waals surface area contributed by atoms with E-state index in [1.165, 1.54) is 19.1 Å². The predicted octanol–water partition coefficient (Wildman–Crippen LogP) is 4.09. The quantitative estimate of drug-likeness (QED) is 0.241. The van der Waals surface area contributed by atoms with Crippen molar-refractivity contribution in [1.82, 2.24) is 4.90 Å². The molecule has 1 amide bonds. The minimum atomic E-state index is -0.793. The van der Waals surface area contributed by atoms with Crippen LogP contribution >= 0.6 is 15.9 Å². The standard InChI is InChI=1S/C24H24BrNO6/c1-4-11-32-17-7-5-6-15(13-17)21-20(23(28)24(29)26(21)10-12-30-2)22(27)16-8-9-19(31-3)18(25)14-16/h4-9,13-14,21,27H,1,10-12H2,2-3H3/b22-20+. The summed E-state index contributed by atoms with van der Waals surface area (Å²) in [6, 6.07) is 11.2. The summed E-state index contributed by atoms with van der Waals surface area (Å²) < 4.78 is 16.6. The lowest BCUT2D eigenvalue weighted by Crippen LogP contribution is -2.32. The second-order valence-electron chi connectivity index (χ2n) is 7.01. The van der Waals surface area contributed by atoms with Crippen molar-refractivity contribution in [3.63, 3.8) is 0 Å². The third-order valence-corrected chi connectivity index (χ3v) is 5.66. The molecule has 7 nitrogen and oxygen atoms in total. The molecule has 0 radical (unpaired) electrons. The number of nitrogens with zero attached hydrogens (tertiary/aromatic N) is 1. The van der Waals surface area contributed by atoms with Crippen molar-refractivity contribution >= 4 is 33.4 Å². The number of aliphatic hydroxyl groups excluding tert-OH is 1. The molecule has 0 spiro atoms. The Labute approximate surface area is 195 Å². The van der Waals surface area contributed by atoms with Gasteiger partial charge in [0.25, 0.3) is 11.7 Å². The van der Waals surface area contributed by atoms with Crippen LogP contribution in [0, 0.1) is 0 Å². The number of carbonyl (C=O) groups is 2. The van der Waals surface area contributed by atoms with Gasteiger partial charge in [-0.05, 0) is 51.8 Å². The van der Waals surface area contributed by atoms with Crippen LogP contribution in [0.2, 0.25) is 0 Å². The van der Waals surface area contributed by atoms with Gasteiger partial charge in [0.05, 0.1) is 29.8 Å². The molecule has 1 heterocycles. The summed E-state index contributed by atoms with van der Waals surface area (Å²) in [6.45, 7) is 4.38. The summed E-state index contributed by atoms with van der Waals surface area (Å²) in [5, 5.41) is 11.1. The zero-order valence-corrected chi connectivity index (χ0v) is 19.4. The van der Waals surface area contributed by atoms with Crippen LogP contribution in [-0.4, -0.2) is 55.7 Å². The lowest BCUT2D eigenvalue weighted by atomic mass is 9.95. The lowest BCUT2D eigenvalue weighted by molar-refractivity contribution is -0.140. The SMILES string of the molecule is C=CCOc1cccc(C2/C(=C(\O)c3ccc(OC)c(Br)c3)C(=O)C(=O)N2CCOC)c1. The Bertz CT molecular complexity index is 1060. The van der Waals surface area contributed by atoms with Crippen LogP contribution in [0.4, 0.5) is 0 Å². The number of Topliss-reactive ketones (excluding diaryl/α,β-unsaturated/α-hetero) is 1. The molecule has 0 aliphatic carbocycles. The first-order chi connectivity index (χ1) is 15.4. The van der Waals surface area contributed by atoms with E-state index in [2.05, 4.69) is 22.5 Å². The maximum atomic E-state index is 13.0. The highest BCUT2D eigenvalue weighted by Crippen LogP contribution is 2.41. The molecule has 2 aromatic rings. The number of hydrogen-bond donors (Lipinski definition) is 1. The fraction of sp³-hybridized carbons (Fsp3) is 0.250. The largest absolute Gasteiger partial charge is 0.507 e. The second kappa shape index (κ2) is 10.5. The number of halogens is 1. The zero-order chi connectivity index (χ0) is 23.3. The Kier molecular flexibility index (Phi) is 7.71. The van der Waals surface area contributed by atoms with Crippen molar-refractivity contribution in [2.75, 3.05) is 34.0 Å². The molecule has 0 saturated carbocycles. The van der Waals surface area contributed by atoms with Crippen molar-refractivity contribution in [3.8, 4) is 11.5 Å². The number of likely N-dealkylation sites (tertiary alicyclic amines) is 1. The van der Waals surface area contributed by atoms with Gasteiger partial charge in [-0.25, -0.2) is 0 Å². The van der Waals surface area contributed by atoms with Crippen LogP contribution in [-0.2, 0) is 14.3 Å². The summed E-state index contributed by atoms with van der Waals surface area (Å²) in [6.07, 6.45) is 1.62. The summed E-state index contributed by atoms with van der Waals surface area (Å²) in [5.41, 5.74) is 1.02. The number of rotatable bonds is 9. The Morgan fingerprint density at radius 1 is 1.22 bits per heavy atom. The molecule has 0 aromatic heterocycles. The fourth-order valence-corrected chi connectivity index (χ4v) is 4.09. The van der Waals surface area contributed by atoms with Crippen LogP contribution in [0.5, 0.6) is 11.5 Å². The molecule has 1 aliphatic rings. The van der Waals surface area contributed by atoms with Crippen molar-refractivity contribution < 1.29 is 28.9 Å². The number of carbonyl (C=O) groups excluding carboxylic acids is 2. The van der Waals surface area contributed by atoms with Gasteiger partial charge >= 0.3 is 0 Å². The molecule has 0 bridgehead atoms. The molecular weight excluding hydrogens is 478 g/mol. The van der Waals surface area contributed by atoms with Crippen molar-refractivity contribution in [2.45, 2.75) is 6.04 Å². The molecule has 168 valence electrons. The molecule has 8 heteroatoms. The van der Waals surface area contributed by atoms with E-state index in [9.17, 15) is 14.7 Å². The van der Waals surface area contributed by atoms with Crippen molar-refractivity contribution in [3.05, 3.63) is 76.3 Å². The predicted molar refractivity (Wildman–Crippen MR) is 124 cm³/mol. The number of hydrogen-bond acceptors (Lipinski definition) is 6. The smallest absolute Gasteiger partial charge is 0.295 e. The lowest BCUT2D eigenvalue weighted by Gasteiger charge is -2.25. The molecule has 2 aromatic carbocycles. The molecule has 1 N–H and O–H groups in total. The Balaban J connectivity index is 2.14. The van der Waals surface area contributed by atoms with E-state index in [1.54, 1.807) is 48.5 Å². The van der Waals surface area contributed by atoms with E-state index in [0.717, 1.165) is 0 Å². The molecule has 1 saturated heterocycles. The molecule has 1 aliphatic heterocycles. The van der Waals surface area contributed by atoms with Gasteiger partial charge in [0.15, 0.2) is 0 Å². The number of benzene rings is 2. The Morgan fingerprint density at radius 2 is 2.00 bits per heavy atom. The van der Waals surface area contributed by atoms with E-state index in [-0.39, 0.29) is 24.5 Å². The number of methoxy groups -OCH3 is 2. The van der Waals surface area contributed by atoms with E-state index < -0.39 is 17.7 Å². The third kappa shape index (κ3) is 4.71. The van der Waals surface area contributed by atoms with Gasteiger partial charge in [-0.15, -0.1) is 0 Å². The second-order valence-corrected chi connectivity index (χ2v) is 7.86. The number of aliphatic hydroxyl groups is 1. The number of ether oxygens (including phenoxy) is 3. The average Bonchev–Trinajstić information content (AvgIpc) is 3.05. The summed E-state index contributed by atoms with van der Waals surface area (Å²) in [4.78, 5) is 27.3. The molecular formula is C24H24BrNO6. The van der Waals surface area contributed by atoms with Crippen molar-refractivity contribution in [2.24, 2.45) is 0 Å². The van der Waals surface area contributed by atoms with Gasteiger partial charge in [-0.1, -0.05) is 24.8 Å². The molecule has 3 rings (SSSR count). The maximum Gasteiger partial charge on any atom is 0.295 e. The van der Waals surface area contributed by atoms with Gasteiger partial charge in [0.2, 0.25) is 0 Å². The van der Waals surface area contributed by atoms with E-state index >= 15 is 0 Å². The van der Waals surface area contributed by atoms with Crippen LogP contribution in [0.25, 0.3) is 5.76 Å². The van der Waals surface area contributed by atoms with Crippen LogP contribution < -0.4 is 9.47 Å². The molecule has 1 atom stereocenters. The van der Waals surface area contributed by atoms with Gasteiger partial charge in [-0.3, -0.25) is 9.59 Å². The maximum absolute atomic E-state index is 13.0. The number of ketones is 1. The highest BCUT2D eigenvalue weighted by atomic mass is 79.9. The molecule has 1 fully saturated rings. The Morgan fingerprint density at radius 3 is 2.66 bits per heavy atom. The van der Waals surface area contributed by atoms with Gasteiger partial charge in [0.1, 0.15) is 23.9 Å². The van der Waals surface area contributed by atoms with Gasteiger partial charge < -0.3 is 24.2 Å². The van der Waals surface area contributed by atoms with E-state index in [0.29, 0.717) is 33.7 Å².